The zero-order valence-corrected chi connectivity index (χ0v) is 7.24. The average molecular weight is 167 g/mol. The molecule has 0 radical (unpaired) electrons. The van der Waals surface area contributed by atoms with Gasteiger partial charge in [0.1, 0.15) is 5.60 Å². The Morgan fingerprint density at radius 3 is 2.58 bits per heavy atom. The van der Waals surface area contributed by atoms with Gasteiger partial charge in [-0.15, -0.1) is 0 Å². The molecule has 0 heterocycles. The van der Waals surface area contributed by atoms with Gasteiger partial charge < -0.3 is 5.73 Å². The Kier molecular flexibility index (Phi) is 2.35. The van der Waals surface area contributed by atoms with Crippen molar-refractivity contribution in [3.05, 3.63) is 29.8 Å². The maximum atomic E-state index is 8.60. The van der Waals surface area contributed by atoms with Crippen molar-refractivity contribution < 1.29 is 10.1 Å². The molecule has 66 valence electrons. The van der Waals surface area contributed by atoms with Crippen molar-refractivity contribution in [3.8, 4) is 0 Å². The SMILES string of the molecule is CC(C)(OO)c1cccc(N)c1. The molecule has 0 aliphatic carbocycles. The Labute approximate surface area is 71.7 Å². The lowest BCUT2D eigenvalue weighted by Crippen LogP contribution is -2.19. The molecule has 0 atom stereocenters. The minimum absolute atomic E-state index is 0.664. The van der Waals surface area contributed by atoms with E-state index in [9.17, 15) is 0 Å². The number of hydrogen-bond donors (Lipinski definition) is 2. The maximum Gasteiger partial charge on any atom is 0.123 e. The molecule has 3 heteroatoms. The molecule has 12 heavy (non-hydrogen) atoms. The summed E-state index contributed by atoms with van der Waals surface area (Å²) in [5, 5.41) is 8.60. The molecule has 0 saturated carbocycles. The molecule has 3 N–H and O–H groups in total. The molecule has 0 spiro atoms. The van der Waals surface area contributed by atoms with E-state index >= 15 is 0 Å². The highest BCUT2D eigenvalue weighted by atomic mass is 17.1. The third-order valence-electron chi connectivity index (χ3n) is 1.81. The van der Waals surface area contributed by atoms with Gasteiger partial charge in [0.25, 0.3) is 0 Å². The zero-order chi connectivity index (χ0) is 9.19. The summed E-state index contributed by atoms with van der Waals surface area (Å²) in [6.07, 6.45) is 0. The lowest BCUT2D eigenvalue weighted by molar-refractivity contribution is -0.318. The average Bonchev–Trinajstić information content (AvgIpc) is 2.05. The van der Waals surface area contributed by atoms with Crippen LogP contribution in [0.25, 0.3) is 0 Å². The summed E-state index contributed by atoms with van der Waals surface area (Å²) in [5.41, 5.74) is 6.39. The largest absolute Gasteiger partial charge is 0.399 e. The van der Waals surface area contributed by atoms with E-state index in [0.717, 1.165) is 5.56 Å². The highest BCUT2D eigenvalue weighted by Crippen LogP contribution is 2.24. The molecule has 0 unspecified atom stereocenters. The predicted octanol–water partition coefficient (Wildman–Crippen LogP) is 1.99. The summed E-state index contributed by atoms with van der Waals surface area (Å²) in [6, 6.07) is 7.24. The Balaban J connectivity index is 3.03. The van der Waals surface area contributed by atoms with Crippen molar-refractivity contribution in [1.29, 1.82) is 0 Å². The minimum Gasteiger partial charge on any atom is -0.399 e. The summed E-state index contributed by atoms with van der Waals surface area (Å²) in [7, 11) is 0. The van der Waals surface area contributed by atoms with E-state index in [1.807, 2.05) is 12.1 Å². The highest BCUT2D eigenvalue weighted by Gasteiger charge is 2.21. The quantitative estimate of drug-likeness (QED) is 0.402. The van der Waals surface area contributed by atoms with Crippen molar-refractivity contribution >= 4 is 5.69 Å². The molecular formula is C9H13NO2. The number of benzene rings is 1. The monoisotopic (exact) mass is 167 g/mol. The van der Waals surface area contributed by atoms with Crippen LogP contribution in [0.2, 0.25) is 0 Å². The molecule has 0 aliphatic rings. The van der Waals surface area contributed by atoms with Gasteiger partial charge in [0.2, 0.25) is 0 Å². The van der Waals surface area contributed by atoms with Gasteiger partial charge in [-0.25, -0.2) is 4.89 Å². The number of hydrogen-bond acceptors (Lipinski definition) is 3. The Morgan fingerprint density at radius 2 is 2.08 bits per heavy atom. The van der Waals surface area contributed by atoms with Gasteiger partial charge in [0, 0.05) is 5.69 Å². The van der Waals surface area contributed by atoms with Gasteiger partial charge in [-0.2, -0.15) is 0 Å². The molecule has 0 aliphatic heterocycles. The number of rotatable bonds is 2. The lowest BCUT2D eigenvalue weighted by atomic mass is 9.98. The molecule has 0 saturated heterocycles. The normalized spacial score (nSPS) is 11.6. The van der Waals surface area contributed by atoms with Crippen molar-refractivity contribution in [2.45, 2.75) is 19.4 Å². The van der Waals surface area contributed by atoms with Gasteiger partial charge in [-0.3, -0.25) is 5.26 Å². The van der Waals surface area contributed by atoms with E-state index in [4.69, 9.17) is 11.0 Å². The fourth-order valence-electron chi connectivity index (χ4n) is 0.966. The first-order valence-corrected chi connectivity index (χ1v) is 3.75. The fourth-order valence-corrected chi connectivity index (χ4v) is 0.966. The lowest BCUT2D eigenvalue weighted by Gasteiger charge is -2.20. The summed E-state index contributed by atoms with van der Waals surface area (Å²) < 4.78 is 0. The van der Waals surface area contributed by atoms with Crippen LogP contribution >= 0.6 is 0 Å². The third-order valence-corrected chi connectivity index (χ3v) is 1.81. The second-order valence-electron chi connectivity index (χ2n) is 3.23. The van der Waals surface area contributed by atoms with E-state index in [-0.39, 0.29) is 0 Å². The molecule has 0 amide bonds. The Morgan fingerprint density at radius 1 is 1.42 bits per heavy atom. The second kappa shape index (κ2) is 3.13. The number of nitrogen functional groups attached to an aromatic ring is 1. The van der Waals surface area contributed by atoms with Gasteiger partial charge >= 0.3 is 0 Å². The topological polar surface area (TPSA) is 55.5 Å². The van der Waals surface area contributed by atoms with E-state index < -0.39 is 5.60 Å². The van der Waals surface area contributed by atoms with Crippen LogP contribution in [0.15, 0.2) is 24.3 Å². The third kappa shape index (κ3) is 1.75. The van der Waals surface area contributed by atoms with Crippen LogP contribution < -0.4 is 5.73 Å². The van der Waals surface area contributed by atoms with Crippen molar-refractivity contribution in [3.63, 3.8) is 0 Å². The summed E-state index contributed by atoms with van der Waals surface area (Å²) in [4.78, 5) is 4.32. The summed E-state index contributed by atoms with van der Waals surface area (Å²) in [6.45, 7) is 3.53. The van der Waals surface area contributed by atoms with Crippen LogP contribution in [0.1, 0.15) is 19.4 Å². The predicted molar refractivity (Wildman–Crippen MR) is 47.6 cm³/mol. The van der Waals surface area contributed by atoms with Crippen LogP contribution in [-0.2, 0) is 10.5 Å². The van der Waals surface area contributed by atoms with E-state index in [0.29, 0.717) is 5.69 Å². The van der Waals surface area contributed by atoms with Crippen molar-refractivity contribution in [1.82, 2.24) is 0 Å². The smallest absolute Gasteiger partial charge is 0.123 e. The molecular weight excluding hydrogens is 154 g/mol. The van der Waals surface area contributed by atoms with Crippen LogP contribution in [-0.4, -0.2) is 5.26 Å². The highest BCUT2D eigenvalue weighted by molar-refractivity contribution is 5.42. The molecule has 0 fully saturated rings. The maximum absolute atomic E-state index is 8.60. The van der Waals surface area contributed by atoms with Crippen molar-refractivity contribution in [2.75, 3.05) is 5.73 Å². The van der Waals surface area contributed by atoms with Gasteiger partial charge in [0.15, 0.2) is 0 Å². The Bertz CT molecular complexity index is 271. The molecule has 3 nitrogen and oxygen atoms in total. The van der Waals surface area contributed by atoms with E-state index in [2.05, 4.69) is 4.89 Å². The first-order valence-electron chi connectivity index (χ1n) is 3.75. The minimum atomic E-state index is -0.699. The van der Waals surface area contributed by atoms with Crippen molar-refractivity contribution in [2.24, 2.45) is 0 Å². The first kappa shape index (κ1) is 9.03. The van der Waals surface area contributed by atoms with Crippen LogP contribution in [0, 0.1) is 0 Å². The molecule has 0 aromatic heterocycles. The van der Waals surface area contributed by atoms with Gasteiger partial charge in [0.05, 0.1) is 0 Å². The van der Waals surface area contributed by atoms with E-state index in [1.165, 1.54) is 0 Å². The Hall–Kier alpha value is -1.06. The standard InChI is InChI=1S/C9H13NO2/c1-9(2,12-11)7-4-3-5-8(10)6-7/h3-6,11H,10H2,1-2H3. The molecule has 0 bridgehead atoms. The van der Waals surface area contributed by atoms with Crippen LogP contribution in [0.4, 0.5) is 5.69 Å². The molecule has 1 aromatic rings. The fraction of sp³-hybridized carbons (Fsp3) is 0.333. The summed E-state index contributed by atoms with van der Waals surface area (Å²) in [5.74, 6) is 0. The number of nitrogens with two attached hydrogens (primary N) is 1. The van der Waals surface area contributed by atoms with E-state index in [1.54, 1.807) is 26.0 Å². The summed E-state index contributed by atoms with van der Waals surface area (Å²) >= 11 is 0. The zero-order valence-electron chi connectivity index (χ0n) is 7.24. The molecule has 1 rings (SSSR count). The second-order valence-corrected chi connectivity index (χ2v) is 3.23. The first-order chi connectivity index (χ1) is 5.56. The van der Waals surface area contributed by atoms with Crippen LogP contribution in [0.3, 0.4) is 0 Å². The van der Waals surface area contributed by atoms with Gasteiger partial charge in [-0.1, -0.05) is 12.1 Å². The number of anilines is 1. The van der Waals surface area contributed by atoms with Gasteiger partial charge in [-0.05, 0) is 31.5 Å². The molecule has 1 aromatic carbocycles. The van der Waals surface area contributed by atoms with Crippen LogP contribution in [0.5, 0.6) is 0 Å².